The highest BCUT2D eigenvalue weighted by molar-refractivity contribution is 5.22. The summed E-state index contributed by atoms with van der Waals surface area (Å²) in [5.41, 5.74) is 2.22. The Kier molecular flexibility index (Phi) is 3.55. The molecule has 3 heteroatoms. The first-order valence-corrected chi connectivity index (χ1v) is 5.36. The number of nitrogens with zero attached hydrogens (tertiary/aromatic N) is 2. The van der Waals surface area contributed by atoms with Gasteiger partial charge in [-0.2, -0.15) is 4.98 Å². The Morgan fingerprint density at radius 1 is 1.43 bits per heavy atom. The van der Waals surface area contributed by atoms with Crippen molar-refractivity contribution in [3.05, 3.63) is 11.4 Å². The Bertz CT molecular complexity index is 304. The molecule has 3 nitrogen and oxygen atoms in total. The van der Waals surface area contributed by atoms with Crippen LogP contribution in [0.5, 0.6) is 6.01 Å². The molecule has 1 aromatic heterocycles. The third-order valence-corrected chi connectivity index (χ3v) is 2.74. The van der Waals surface area contributed by atoms with E-state index in [1.54, 1.807) is 4.57 Å². The van der Waals surface area contributed by atoms with Gasteiger partial charge in [-0.15, -0.1) is 0 Å². The summed E-state index contributed by atoms with van der Waals surface area (Å²) in [5.74, 6) is 0.446. The van der Waals surface area contributed by atoms with Gasteiger partial charge in [0.25, 0.3) is 6.01 Å². The first-order valence-electron chi connectivity index (χ1n) is 5.36. The average molecular weight is 196 g/mol. The van der Waals surface area contributed by atoms with Gasteiger partial charge in [-0.1, -0.05) is 27.2 Å². The van der Waals surface area contributed by atoms with Crippen LogP contribution in [0.4, 0.5) is 0 Å². The van der Waals surface area contributed by atoms with Gasteiger partial charge in [-0.3, -0.25) is 0 Å². The first kappa shape index (κ1) is 11.1. The molecule has 1 rings (SSSR count). The van der Waals surface area contributed by atoms with E-state index >= 15 is 0 Å². The smallest absolute Gasteiger partial charge is 0.293 e. The minimum atomic E-state index is 0.139. The van der Waals surface area contributed by atoms with Crippen molar-refractivity contribution in [3.63, 3.8) is 0 Å². The SMILES string of the molecule is CCCC(C)c1nc(O)n(C)c1CC. The lowest BCUT2D eigenvalue weighted by atomic mass is 10.00. The minimum Gasteiger partial charge on any atom is -0.480 e. The van der Waals surface area contributed by atoms with E-state index in [0.717, 1.165) is 30.7 Å². The van der Waals surface area contributed by atoms with E-state index in [0.29, 0.717) is 5.92 Å². The molecule has 14 heavy (non-hydrogen) atoms. The lowest BCUT2D eigenvalue weighted by molar-refractivity contribution is 0.409. The van der Waals surface area contributed by atoms with Crippen LogP contribution in [-0.4, -0.2) is 14.7 Å². The summed E-state index contributed by atoms with van der Waals surface area (Å²) in [6.45, 7) is 6.44. The zero-order valence-corrected chi connectivity index (χ0v) is 9.54. The van der Waals surface area contributed by atoms with Gasteiger partial charge >= 0.3 is 0 Å². The number of hydrogen-bond donors (Lipinski definition) is 1. The maximum atomic E-state index is 9.52. The van der Waals surface area contributed by atoms with E-state index in [9.17, 15) is 5.11 Å². The molecule has 0 fully saturated rings. The second-order valence-electron chi connectivity index (χ2n) is 3.85. The van der Waals surface area contributed by atoms with Crippen LogP contribution in [0.25, 0.3) is 0 Å². The largest absolute Gasteiger partial charge is 0.480 e. The van der Waals surface area contributed by atoms with Gasteiger partial charge in [-0.05, 0) is 12.8 Å². The third-order valence-electron chi connectivity index (χ3n) is 2.74. The van der Waals surface area contributed by atoms with Crippen LogP contribution in [0.2, 0.25) is 0 Å². The second-order valence-corrected chi connectivity index (χ2v) is 3.85. The molecule has 1 atom stereocenters. The predicted molar refractivity (Wildman–Crippen MR) is 57.6 cm³/mol. The molecule has 1 N–H and O–H groups in total. The van der Waals surface area contributed by atoms with Crippen molar-refractivity contribution in [3.8, 4) is 6.01 Å². The van der Waals surface area contributed by atoms with E-state index in [1.165, 1.54) is 0 Å². The van der Waals surface area contributed by atoms with Gasteiger partial charge in [0.05, 0.1) is 5.69 Å². The summed E-state index contributed by atoms with van der Waals surface area (Å²) >= 11 is 0. The maximum absolute atomic E-state index is 9.52. The van der Waals surface area contributed by atoms with E-state index < -0.39 is 0 Å². The topological polar surface area (TPSA) is 38.1 Å². The lowest BCUT2D eigenvalue weighted by Crippen LogP contribution is -2.01. The predicted octanol–water partition coefficient (Wildman–Crippen LogP) is 2.59. The molecule has 0 aliphatic heterocycles. The Labute approximate surface area is 85.8 Å². The number of imidazole rings is 1. The minimum absolute atomic E-state index is 0.139. The van der Waals surface area contributed by atoms with Crippen LogP contribution in [0.1, 0.15) is 50.9 Å². The van der Waals surface area contributed by atoms with Crippen molar-refractivity contribution in [2.75, 3.05) is 0 Å². The highest BCUT2D eigenvalue weighted by Gasteiger charge is 2.17. The van der Waals surface area contributed by atoms with Gasteiger partial charge in [0.15, 0.2) is 0 Å². The van der Waals surface area contributed by atoms with Gasteiger partial charge in [-0.25, -0.2) is 0 Å². The molecule has 80 valence electrons. The average Bonchev–Trinajstić information content (AvgIpc) is 2.44. The van der Waals surface area contributed by atoms with Gasteiger partial charge in [0.2, 0.25) is 0 Å². The van der Waals surface area contributed by atoms with Crippen LogP contribution in [-0.2, 0) is 13.5 Å². The van der Waals surface area contributed by atoms with Crippen LogP contribution in [0, 0.1) is 0 Å². The number of aromatic hydroxyl groups is 1. The highest BCUT2D eigenvalue weighted by atomic mass is 16.3. The molecule has 0 amide bonds. The summed E-state index contributed by atoms with van der Waals surface area (Å²) < 4.78 is 1.78. The fraction of sp³-hybridized carbons (Fsp3) is 0.727. The quantitative estimate of drug-likeness (QED) is 0.803. The molecule has 0 aromatic carbocycles. The van der Waals surface area contributed by atoms with E-state index in [1.807, 2.05) is 7.05 Å². The molecule has 1 aromatic rings. The summed E-state index contributed by atoms with van der Waals surface area (Å²) in [5, 5.41) is 9.52. The summed E-state index contributed by atoms with van der Waals surface area (Å²) in [6.07, 6.45) is 3.21. The van der Waals surface area contributed by atoms with Crippen molar-refractivity contribution in [1.82, 2.24) is 9.55 Å². The monoisotopic (exact) mass is 196 g/mol. The Hall–Kier alpha value is -0.990. The molecule has 0 saturated carbocycles. The molecule has 0 spiro atoms. The Morgan fingerprint density at radius 2 is 2.07 bits per heavy atom. The lowest BCUT2D eigenvalue weighted by Gasteiger charge is -2.09. The summed E-state index contributed by atoms with van der Waals surface area (Å²) in [7, 11) is 1.86. The third kappa shape index (κ3) is 1.91. The fourth-order valence-electron chi connectivity index (χ4n) is 1.92. The number of aromatic nitrogens is 2. The van der Waals surface area contributed by atoms with Crippen LogP contribution in [0.15, 0.2) is 0 Å². The van der Waals surface area contributed by atoms with E-state index in [4.69, 9.17) is 0 Å². The zero-order valence-electron chi connectivity index (χ0n) is 9.54. The molecule has 0 bridgehead atoms. The number of hydrogen-bond acceptors (Lipinski definition) is 2. The Balaban J connectivity index is 3.01. The molecule has 1 unspecified atom stereocenters. The molecule has 1 heterocycles. The van der Waals surface area contributed by atoms with Crippen LogP contribution < -0.4 is 0 Å². The molecule has 0 aliphatic rings. The van der Waals surface area contributed by atoms with Crippen molar-refractivity contribution >= 4 is 0 Å². The Morgan fingerprint density at radius 3 is 2.57 bits per heavy atom. The van der Waals surface area contributed by atoms with Gasteiger partial charge in [0.1, 0.15) is 0 Å². The first-order chi connectivity index (χ1) is 6.61. The molecule has 0 saturated heterocycles. The maximum Gasteiger partial charge on any atom is 0.293 e. The molecule has 0 aliphatic carbocycles. The molecule has 0 radical (unpaired) electrons. The highest BCUT2D eigenvalue weighted by Crippen LogP contribution is 2.26. The normalized spacial score (nSPS) is 13.1. The number of rotatable bonds is 4. The zero-order chi connectivity index (χ0) is 10.7. The molecular formula is C11H20N2O. The van der Waals surface area contributed by atoms with Gasteiger partial charge < -0.3 is 9.67 Å². The fourth-order valence-corrected chi connectivity index (χ4v) is 1.92. The van der Waals surface area contributed by atoms with E-state index in [2.05, 4.69) is 25.8 Å². The van der Waals surface area contributed by atoms with Crippen LogP contribution in [0.3, 0.4) is 0 Å². The van der Waals surface area contributed by atoms with E-state index in [-0.39, 0.29) is 6.01 Å². The van der Waals surface area contributed by atoms with Crippen molar-refractivity contribution in [2.45, 2.75) is 46.0 Å². The van der Waals surface area contributed by atoms with Crippen molar-refractivity contribution in [2.24, 2.45) is 7.05 Å². The summed E-state index contributed by atoms with van der Waals surface area (Å²) in [6, 6.07) is 0.139. The summed E-state index contributed by atoms with van der Waals surface area (Å²) in [4.78, 5) is 4.22. The van der Waals surface area contributed by atoms with Crippen LogP contribution >= 0.6 is 0 Å². The van der Waals surface area contributed by atoms with Crippen molar-refractivity contribution in [1.29, 1.82) is 0 Å². The standard InChI is InChI=1S/C11H20N2O/c1-5-7-8(3)10-9(6-2)13(4)11(14)12-10/h8H,5-7H2,1-4H3,(H,12,14). The molecular weight excluding hydrogens is 176 g/mol. The second kappa shape index (κ2) is 4.49. The van der Waals surface area contributed by atoms with Gasteiger partial charge in [0, 0.05) is 18.7 Å². The van der Waals surface area contributed by atoms with Crippen molar-refractivity contribution < 1.29 is 5.11 Å².